The van der Waals surface area contributed by atoms with Crippen LogP contribution in [0.15, 0.2) is 47.4 Å². The predicted molar refractivity (Wildman–Crippen MR) is 90.2 cm³/mol. The first-order chi connectivity index (χ1) is 11.8. The molecule has 0 radical (unpaired) electrons. The Balaban J connectivity index is 1.87. The second kappa shape index (κ2) is 6.45. The van der Waals surface area contributed by atoms with E-state index in [2.05, 4.69) is 0 Å². The highest BCUT2D eigenvalue weighted by Crippen LogP contribution is 2.34. The van der Waals surface area contributed by atoms with Gasteiger partial charge in [-0.25, -0.2) is 22.3 Å². The molecule has 25 heavy (non-hydrogen) atoms. The van der Waals surface area contributed by atoms with E-state index in [1.807, 2.05) is 11.6 Å². The van der Waals surface area contributed by atoms with Gasteiger partial charge in [-0.2, -0.15) is 0 Å². The number of carbonyl (C=O) groups excluding carboxylic acids is 1. The van der Waals surface area contributed by atoms with Gasteiger partial charge < -0.3 is 5.11 Å². The average molecular weight is 364 g/mol. The van der Waals surface area contributed by atoms with Gasteiger partial charge in [-0.1, -0.05) is 17.7 Å². The highest BCUT2D eigenvalue weighted by Gasteiger charge is 2.30. The van der Waals surface area contributed by atoms with Crippen molar-refractivity contribution in [1.82, 2.24) is 4.72 Å². The number of benzene rings is 2. The van der Waals surface area contributed by atoms with Crippen LogP contribution < -0.4 is 9.62 Å². The van der Waals surface area contributed by atoms with Crippen molar-refractivity contribution >= 4 is 21.7 Å². The van der Waals surface area contributed by atoms with Crippen molar-refractivity contribution in [2.75, 3.05) is 11.4 Å². The number of nitrogens with zero attached hydrogens (tertiary/aromatic N) is 1. The van der Waals surface area contributed by atoms with Crippen molar-refractivity contribution in [3.8, 4) is 0 Å². The Labute approximate surface area is 144 Å². The monoisotopic (exact) mass is 364 g/mol. The second-order valence-electron chi connectivity index (χ2n) is 5.88. The SMILES string of the molecule is Cc1ccc(S(=O)(=O)NC(=O)N2CCC(O)c3cc(F)ccc32)cc1. The van der Waals surface area contributed by atoms with Crippen LogP contribution in [-0.4, -0.2) is 26.1 Å². The number of anilines is 1. The molecule has 1 unspecified atom stereocenters. The van der Waals surface area contributed by atoms with Crippen LogP contribution in [0.3, 0.4) is 0 Å². The molecule has 2 N–H and O–H groups in total. The molecule has 3 rings (SSSR count). The van der Waals surface area contributed by atoms with Crippen LogP contribution in [0.4, 0.5) is 14.9 Å². The molecular formula is C17H17FN2O4S. The average Bonchev–Trinajstić information content (AvgIpc) is 2.55. The first-order valence-corrected chi connectivity index (χ1v) is 9.15. The minimum absolute atomic E-state index is 0.0252. The summed E-state index contributed by atoms with van der Waals surface area (Å²) < 4.78 is 40.1. The van der Waals surface area contributed by atoms with E-state index in [4.69, 9.17) is 0 Å². The molecule has 6 nitrogen and oxygen atoms in total. The minimum atomic E-state index is -4.03. The molecule has 132 valence electrons. The van der Waals surface area contributed by atoms with Gasteiger partial charge in [0.2, 0.25) is 0 Å². The van der Waals surface area contributed by atoms with Crippen molar-refractivity contribution in [3.05, 3.63) is 59.4 Å². The Morgan fingerprint density at radius 1 is 1.24 bits per heavy atom. The summed E-state index contributed by atoms with van der Waals surface area (Å²) in [6, 6.07) is 8.90. The van der Waals surface area contributed by atoms with Gasteiger partial charge in [0.15, 0.2) is 0 Å². The second-order valence-corrected chi connectivity index (χ2v) is 7.57. The highest BCUT2D eigenvalue weighted by molar-refractivity contribution is 7.90. The van der Waals surface area contributed by atoms with Crippen molar-refractivity contribution in [3.63, 3.8) is 0 Å². The van der Waals surface area contributed by atoms with Crippen LogP contribution in [-0.2, 0) is 10.0 Å². The van der Waals surface area contributed by atoms with E-state index in [0.29, 0.717) is 0 Å². The number of hydrogen-bond donors (Lipinski definition) is 2. The maximum atomic E-state index is 13.4. The van der Waals surface area contributed by atoms with E-state index in [9.17, 15) is 22.7 Å². The van der Waals surface area contributed by atoms with Crippen LogP contribution in [0.25, 0.3) is 0 Å². The molecule has 2 amide bonds. The van der Waals surface area contributed by atoms with E-state index < -0.39 is 28.0 Å². The molecule has 1 heterocycles. The summed E-state index contributed by atoms with van der Waals surface area (Å²) in [5.41, 5.74) is 1.44. The fourth-order valence-electron chi connectivity index (χ4n) is 2.72. The van der Waals surface area contributed by atoms with E-state index in [1.54, 1.807) is 12.1 Å². The Morgan fingerprint density at radius 2 is 1.92 bits per heavy atom. The number of nitrogens with one attached hydrogen (secondary N) is 1. The van der Waals surface area contributed by atoms with Crippen LogP contribution in [0, 0.1) is 12.7 Å². The predicted octanol–water partition coefficient (Wildman–Crippen LogP) is 2.48. The third-order valence-electron chi connectivity index (χ3n) is 4.06. The number of aliphatic hydroxyl groups is 1. The molecule has 0 saturated heterocycles. The van der Waals surface area contributed by atoms with Crippen LogP contribution in [0.2, 0.25) is 0 Å². The molecule has 0 fully saturated rings. The summed E-state index contributed by atoms with van der Waals surface area (Å²) in [4.78, 5) is 13.6. The number of aliphatic hydroxyl groups excluding tert-OH is 1. The van der Waals surface area contributed by atoms with Crippen molar-refractivity contribution < 1.29 is 22.7 Å². The molecule has 8 heteroatoms. The third-order valence-corrected chi connectivity index (χ3v) is 5.40. The molecule has 2 aromatic carbocycles. The minimum Gasteiger partial charge on any atom is -0.388 e. The first kappa shape index (κ1) is 17.4. The maximum absolute atomic E-state index is 13.4. The highest BCUT2D eigenvalue weighted by atomic mass is 32.2. The molecule has 0 saturated carbocycles. The molecule has 0 aliphatic carbocycles. The molecule has 0 bridgehead atoms. The number of halogens is 1. The van der Waals surface area contributed by atoms with E-state index in [0.717, 1.165) is 17.7 Å². The summed E-state index contributed by atoms with van der Waals surface area (Å²) in [6.07, 6.45) is -0.711. The first-order valence-electron chi connectivity index (χ1n) is 7.66. The smallest absolute Gasteiger partial charge is 0.335 e. The molecular weight excluding hydrogens is 347 g/mol. The lowest BCUT2D eigenvalue weighted by Crippen LogP contribution is -2.45. The van der Waals surface area contributed by atoms with Gasteiger partial charge >= 0.3 is 6.03 Å². The quantitative estimate of drug-likeness (QED) is 0.857. The molecule has 0 aromatic heterocycles. The summed E-state index contributed by atoms with van der Waals surface area (Å²) in [7, 11) is -4.03. The standard InChI is InChI=1S/C17H17FN2O4S/c1-11-2-5-13(6-3-11)25(23,24)19-17(22)20-9-8-16(21)14-10-12(18)4-7-15(14)20/h2-7,10,16,21H,8-9H2,1H3,(H,19,22). The number of amides is 2. The fraction of sp³-hybridized carbons (Fsp3) is 0.235. The number of hydrogen-bond acceptors (Lipinski definition) is 4. The zero-order chi connectivity index (χ0) is 18.2. The Bertz CT molecular complexity index is 913. The van der Waals surface area contributed by atoms with Gasteiger partial charge in [0.1, 0.15) is 5.82 Å². The summed E-state index contributed by atoms with van der Waals surface area (Å²) >= 11 is 0. The van der Waals surface area contributed by atoms with Crippen molar-refractivity contribution in [1.29, 1.82) is 0 Å². The third kappa shape index (κ3) is 3.49. The summed E-state index contributed by atoms with van der Waals surface area (Å²) in [5, 5.41) is 9.98. The fourth-order valence-corrected chi connectivity index (χ4v) is 3.68. The zero-order valence-corrected chi connectivity index (χ0v) is 14.3. The van der Waals surface area contributed by atoms with E-state index in [1.165, 1.54) is 23.1 Å². The molecule has 1 atom stereocenters. The Hall–Kier alpha value is -2.45. The number of fused-ring (bicyclic) bond motifs is 1. The Morgan fingerprint density at radius 3 is 2.60 bits per heavy atom. The normalized spacial score (nSPS) is 17.1. The topological polar surface area (TPSA) is 86.7 Å². The van der Waals surface area contributed by atoms with Crippen molar-refractivity contribution in [2.45, 2.75) is 24.3 Å². The zero-order valence-electron chi connectivity index (χ0n) is 13.4. The summed E-state index contributed by atoms with van der Waals surface area (Å²) in [6.45, 7) is 1.94. The number of rotatable bonds is 2. The molecule has 1 aliphatic heterocycles. The van der Waals surface area contributed by atoms with E-state index in [-0.39, 0.29) is 29.1 Å². The van der Waals surface area contributed by atoms with E-state index >= 15 is 0 Å². The number of carbonyl (C=O) groups is 1. The lowest BCUT2D eigenvalue weighted by Gasteiger charge is -2.32. The molecule has 1 aliphatic rings. The van der Waals surface area contributed by atoms with Gasteiger partial charge in [0, 0.05) is 12.1 Å². The van der Waals surface area contributed by atoms with Gasteiger partial charge in [-0.3, -0.25) is 4.90 Å². The van der Waals surface area contributed by atoms with Gasteiger partial charge in [-0.15, -0.1) is 0 Å². The van der Waals surface area contributed by atoms with Gasteiger partial charge in [-0.05, 0) is 43.7 Å². The summed E-state index contributed by atoms with van der Waals surface area (Å²) in [5.74, 6) is -0.535. The molecule has 2 aromatic rings. The maximum Gasteiger partial charge on any atom is 0.335 e. The lowest BCUT2D eigenvalue weighted by molar-refractivity contribution is 0.164. The Kier molecular flexibility index (Phi) is 4.49. The lowest BCUT2D eigenvalue weighted by atomic mass is 9.99. The number of aryl methyl sites for hydroxylation is 1. The largest absolute Gasteiger partial charge is 0.388 e. The van der Waals surface area contributed by atoms with Crippen LogP contribution >= 0.6 is 0 Å². The van der Waals surface area contributed by atoms with Crippen LogP contribution in [0.1, 0.15) is 23.7 Å². The van der Waals surface area contributed by atoms with Gasteiger partial charge in [0.25, 0.3) is 10.0 Å². The number of urea groups is 1. The number of sulfonamides is 1. The molecule has 0 spiro atoms. The van der Waals surface area contributed by atoms with Gasteiger partial charge in [0.05, 0.1) is 16.7 Å². The van der Waals surface area contributed by atoms with Crippen molar-refractivity contribution in [2.24, 2.45) is 0 Å². The van der Waals surface area contributed by atoms with Crippen LogP contribution in [0.5, 0.6) is 0 Å².